The third-order valence-corrected chi connectivity index (χ3v) is 10.8. The molecule has 2 aromatic rings. The summed E-state index contributed by atoms with van der Waals surface area (Å²) < 4.78 is 59.4. The topological polar surface area (TPSA) is 150 Å². The second kappa shape index (κ2) is 10.6. The van der Waals surface area contributed by atoms with Gasteiger partial charge in [-0.05, 0) is 44.4 Å². The molecule has 4 rings (SSSR count). The highest BCUT2D eigenvalue weighted by Crippen LogP contribution is 2.54. The molecule has 0 amide bonds. The number of aromatic nitrogens is 2. The first-order valence-electron chi connectivity index (χ1n) is 11.9. The third kappa shape index (κ3) is 5.48. The fraction of sp³-hybridized carbons (Fsp3) is 0.522. The van der Waals surface area contributed by atoms with Crippen molar-refractivity contribution in [3.8, 4) is 11.5 Å². The number of nitrogens with zero attached hydrogens (tertiary/aromatic N) is 5. The number of amidine groups is 1. The van der Waals surface area contributed by atoms with Gasteiger partial charge in [0, 0.05) is 24.1 Å². The molecule has 2 aliphatic heterocycles. The summed E-state index contributed by atoms with van der Waals surface area (Å²) in [7, 11) is -3.86. The van der Waals surface area contributed by atoms with Crippen molar-refractivity contribution in [2.24, 2.45) is 5.10 Å². The highest BCUT2D eigenvalue weighted by atomic mass is 32.3. The number of hydrazone groups is 1. The summed E-state index contributed by atoms with van der Waals surface area (Å²) in [5.74, 6) is 1.50. The molecular weight excluding hydrogens is 520 g/mol. The van der Waals surface area contributed by atoms with Crippen LogP contribution < -0.4 is 19.2 Å². The Hall–Kier alpha value is -2.65. The molecule has 1 aromatic carbocycles. The average Bonchev–Trinajstić information content (AvgIpc) is 3.43. The predicted molar refractivity (Wildman–Crippen MR) is 144 cm³/mol. The molecule has 3 N–H and O–H groups in total. The number of rotatable bonds is 9. The van der Waals surface area contributed by atoms with E-state index in [1.165, 1.54) is 19.3 Å². The number of anilines is 1. The summed E-state index contributed by atoms with van der Waals surface area (Å²) in [6.45, 7) is 5.18. The predicted octanol–water partition coefficient (Wildman–Crippen LogP) is 3.13. The summed E-state index contributed by atoms with van der Waals surface area (Å²) in [6, 6.07) is 5.27. The zero-order valence-electron chi connectivity index (χ0n) is 21.5. The molecule has 1 saturated heterocycles. The molecule has 1 fully saturated rings. The van der Waals surface area contributed by atoms with Crippen LogP contribution in [0, 0.1) is 6.92 Å². The molecule has 0 bridgehead atoms. The van der Waals surface area contributed by atoms with Crippen molar-refractivity contribution < 1.29 is 27.0 Å². The van der Waals surface area contributed by atoms with E-state index in [0.717, 1.165) is 5.56 Å². The van der Waals surface area contributed by atoms with E-state index in [4.69, 9.17) is 9.47 Å². The van der Waals surface area contributed by atoms with Gasteiger partial charge in [0.15, 0.2) is 5.84 Å². The van der Waals surface area contributed by atoms with Crippen molar-refractivity contribution in [3.63, 3.8) is 0 Å². The number of hydrazine groups is 1. The Balaban J connectivity index is 1.66. The van der Waals surface area contributed by atoms with Crippen LogP contribution in [0.2, 0.25) is 0 Å². The van der Waals surface area contributed by atoms with Crippen LogP contribution in [-0.2, 0) is 10.0 Å². The van der Waals surface area contributed by atoms with Gasteiger partial charge in [0.2, 0.25) is 10.0 Å². The maximum absolute atomic E-state index is 13.4. The molecule has 37 heavy (non-hydrogen) atoms. The van der Waals surface area contributed by atoms with Crippen LogP contribution in [0.1, 0.15) is 44.0 Å². The third-order valence-electron chi connectivity index (χ3n) is 6.74. The second-order valence-electron chi connectivity index (χ2n) is 9.24. The number of aryl methyl sites for hydroxylation is 1. The van der Waals surface area contributed by atoms with Gasteiger partial charge in [0.25, 0.3) is 0 Å². The van der Waals surface area contributed by atoms with E-state index in [2.05, 4.69) is 19.9 Å². The number of methoxy groups -OCH3 is 2. The smallest absolute Gasteiger partial charge is 0.233 e. The first-order chi connectivity index (χ1) is 17.5. The van der Waals surface area contributed by atoms with E-state index in [9.17, 15) is 17.5 Å². The SMILES string of the molecule is COc1cccc(OC)c1N1CN(NS(=O)(=O)[C@@H](C)[C@H](C)c2ncc(C)cn2)N=C1[C@H]1CCCS1(O)O. The molecule has 1 aromatic heterocycles. The van der Waals surface area contributed by atoms with Gasteiger partial charge in [0.1, 0.15) is 34.9 Å². The van der Waals surface area contributed by atoms with Crippen molar-refractivity contribution in [1.82, 2.24) is 19.9 Å². The van der Waals surface area contributed by atoms with Gasteiger partial charge in [-0.3, -0.25) is 14.0 Å². The molecule has 2 aliphatic rings. The fourth-order valence-electron chi connectivity index (χ4n) is 4.44. The molecule has 0 saturated carbocycles. The minimum absolute atomic E-state index is 0.0283. The second-order valence-corrected chi connectivity index (χ2v) is 13.7. The van der Waals surface area contributed by atoms with Crippen LogP contribution in [0.15, 0.2) is 35.7 Å². The van der Waals surface area contributed by atoms with Gasteiger partial charge in [-0.2, -0.15) is 15.7 Å². The van der Waals surface area contributed by atoms with Gasteiger partial charge < -0.3 is 9.47 Å². The Morgan fingerprint density at radius 2 is 1.76 bits per heavy atom. The quantitative estimate of drug-likeness (QED) is 0.422. The van der Waals surface area contributed by atoms with E-state index in [-0.39, 0.29) is 12.4 Å². The number of para-hydroxylation sites is 1. The monoisotopic (exact) mass is 554 g/mol. The van der Waals surface area contributed by atoms with Crippen molar-refractivity contribution in [2.75, 3.05) is 31.5 Å². The molecule has 3 heterocycles. The van der Waals surface area contributed by atoms with E-state index in [1.807, 2.05) is 6.92 Å². The van der Waals surface area contributed by atoms with Gasteiger partial charge in [-0.25, -0.2) is 18.4 Å². The number of ether oxygens (including phenoxy) is 2. The lowest BCUT2D eigenvalue weighted by Crippen LogP contribution is -2.46. The molecule has 3 atom stereocenters. The highest BCUT2D eigenvalue weighted by Gasteiger charge is 2.44. The van der Waals surface area contributed by atoms with Gasteiger partial charge in [0.05, 0.1) is 19.5 Å². The Morgan fingerprint density at radius 3 is 2.30 bits per heavy atom. The number of nitrogens with one attached hydrogen (secondary N) is 1. The summed E-state index contributed by atoms with van der Waals surface area (Å²) in [5.41, 5.74) is 1.40. The minimum Gasteiger partial charge on any atom is -0.494 e. The minimum atomic E-state index is -3.93. The summed E-state index contributed by atoms with van der Waals surface area (Å²) in [6.07, 6.45) is 4.44. The molecule has 204 valence electrons. The summed E-state index contributed by atoms with van der Waals surface area (Å²) >= 11 is 0. The van der Waals surface area contributed by atoms with E-state index < -0.39 is 37.0 Å². The van der Waals surface area contributed by atoms with Crippen LogP contribution in [-0.4, -0.2) is 75.6 Å². The molecule has 14 heteroatoms. The van der Waals surface area contributed by atoms with Crippen LogP contribution in [0.25, 0.3) is 0 Å². The average molecular weight is 555 g/mol. The van der Waals surface area contributed by atoms with E-state index in [1.54, 1.807) is 49.3 Å². The molecule has 12 nitrogen and oxygen atoms in total. The van der Waals surface area contributed by atoms with Crippen LogP contribution in [0.3, 0.4) is 0 Å². The number of sulfonamides is 1. The Morgan fingerprint density at radius 1 is 1.14 bits per heavy atom. The van der Waals surface area contributed by atoms with Gasteiger partial charge in [-0.15, -0.1) is 9.93 Å². The lowest BCUT2D eigenvalue weighted by molar-refractivity contribution is 0.277. The van der Waals surface area contributed by atoms with Crippen LogP contribution >= 0.6 is 10.6 Å². The Kier molecular flexibility index (Phi) is 7.85. The fourth-order valence-corrected chi connectivity index (χ4v) is 7.59. The number of hydrogen-bond acceptors (Lipinski definition) is 11. The number of benzene rings is 1. The molecular formula is C23H34N6O6S2. The zero-order chi connectivity index (χ0) is 27.0. The first kappa shape index (κ1) is 27.4. The molecule has 0 aliphatic carbocycles. The Bertz CT molecular complexity index is 1230. The lowest BCUT2D eigenvalue weighted by atomic mass is 10.1. The summed E-state index contributed by atoms with van der Waals surface area (Å²) in [4.78, 5) is 12.8. The van der Waals surface area contributed by atoms with Crippen LogP contribution in [0.4, 0.5) is 5.69 Å². The van der Waals surface area contributed by atoms with Gasteiger partial charge >= 0.3 is 0 Å². The highest BCUT2D eigenvalue weighted by molar-refractivity contribution is 8.25. The molecule has 0 unspecified atom stereocenters. The van der Waals surface area contributed by atoms with Crippen molar-refractivity contribution in [2.45, 2.75) is 50.0 Å². The maximum atomic E-state index is 13.4. The summed E-state index contributed by atoms with van der Waals surface area (Å²) in [5, 5.41) is 4.19. The van der Waals surface area contributed by atoms with Gasteiger partial charge in [-0.1, -0.05) is 13.0 Å². The van der Waals surface area contributed by atoms with E-state index in [0.29, 0.717) is 41.7 Å². The molecule has 0 spiro atoms. The maximum Gasteiger partial charge on any atom is 0.233 e. The van der Waals surface area contributed by atoms with Crippen molar-refractivity contribution in [1.29, 1.82) is 0 Å². The van der Waals surface area contributed by atoms with Crippen LogP contribution in [0.5, 0.6) is 11.5 Å². The van der Waals surface area contributed by atoms with Crippen molar-refractivity contribution >= 4 is 32.1 Å². The van der Waals surface area contributed by atoms with E-state index >= 15 is 0 Å². The first-order valence-corrected chi connectivity index (χ1v) is 15.2. The normalized spacial score (nSPS) is 21.9. The standard InChI is InChI=1S/C23H34N6O6S2/c1-15-12-24-22(25-13-15)16(2)17(3)37(32,33)27-29-14-28(21-18(34-4)8-6-9-19(21)35-5)23(26-29)20-10-7-11-36(20,30)31/h6,8-9,12-13,16-17,20,27,30-31H,7,10-11,14H2,1-5H3/t16-,17-,20+/m0/s1. The zero-order valence-corrected chi connectivity index (χ0v) is 23.2. The Labute approximate surface area is 219 Å². The number of hydrogen-bond donors (Lipinski definition) is 3. The largest absolute Gasteiger partial charge is 0.494 e. The lowest BCUT2D eigenvalue weighted by Gasteiger charge is -2.36. The van der Waals surface area contributed by atoms with Crippen molar-refractivity contribution in [3.05, 3.63) is 42.0 Å². The molecule has 0 radical (unpaired) electrons.